The number of hydrogen-bond donors (Lipinski definition) is 6. The maximum absolute atomic E-state index is 13.3. The first kappa shape index (κ1) is 37.2. The number of aromatic amines is 2. The third kappa shape index (κ3) is 7.48. The lowest BCUT2D eigenvalue weighted by molar-refractivity contribution is 0.0937. The third-order valence-corrected chi connectivity index (χ3v) is 13.4. The lowest BCUT2D eigenvalue weighted by Gasteiger charge is -2.18. The van der Waals surface area contributed by atoms with Crippen LogP contribution in [0, 0.1) is 6.92 Å². The van der Waals surface area contributed by atoms with Crippen molar-refractivity contribution in [2.45, 2.75) is 22.6 Å². The molecule has 274 valence electrons. The number of aromatic nitrogens is 2. The van der Waals surface area contributed by atoms with E-state index >= 15 is 0 Å². The third-order valence-electron chi connectivity index (χ3n) is 8.83. The highest BCUT2D eigenvalue weighted by atomic mass is 79.9. The summed E-state index contributed by atoms with van der Waals surface area (Å²) < 4.78 is 52.4. The Kier molecular flexibility index (Phi) is 10.3. The number of nitrogens with one attached hydrogen (secondary N) is 6. The summed E-state index contributed by atoms with van der Waals surface area (Å²) in [6.07, 6.45) is 3.72. The zero-order valence-corrected chi connectivity index (χ0v) is 33.0. The van der Waals surface area contributed by atoms with Crippen molar-refractivity contribution in [3.8, 4) is 0 Å². The summed E-state index contributed by atoms with van der Waals surface area (Å²) in [4.78, 5) is 37.5. The van der Waals surface area contributed by atoms with E-state index in [9.17, 15) is 26.4 Å². The van der Waals surface area contributed by atoms with Crippen LogP contribution >= 0.6 is 31.9 Å². The number of halogens is 2. The Morgan fingerprint density at radius 3 is 1.44 bits per heavy atom. The molecule has 16 heteroatoms. The minimum absolute atomic E-state index is 0.0318. The first-order valence-electron chi connectivity index (χ1n) is 16.2. The van der Waals surface area contributed by atoms with Gasteiger partial charge in [0.05, 0.1) is 9.79 Å². The number of hydrazine groups is 2. The molecule has 5 aromatic carbocycles. The van der Waals surface area contributed by atoms with Gasteiger partial charge >= 0.3 is 0 Å². The minimum Gasteiger partial charge on any atom is -0.361 e. The molecule has 0 fully saturated rings. The van der Waals surface area contributed by atoms with Crippen molar-refractivity contribution in [2.75, 3.05) is 0 Å². The molecule has 0 saturated heterocycles. The molecular formula is C38H30Br2N6O6S2. The minimum atomic E-state index is -4.08. The lowest BCUT2D eigenvalue weighted by Crippen LogP contribution is -2.41. The van der Waals surface area contributed by atoms with Crippen molar-refractivity contribution < 1.29 is 26.4 Å². The number of aryl methyl sites for hydroxylation is 1. The largest absolute Gasteiger partial charge is 0.361 e. The van der Waals surface area contributed by atoms with Gasteiger partial charge < -0.3 is 9.97 Å². The zero-order valence-electron chi connectivity index (χ0n) is 28.1. The number of rotatable bonds is 11. The fourth-order valence-corrected chi connectivity index (χ4v) is 9.82. The number of hydrogen-bond acceptors (Lipinski definition) is 6. The highest BCUT2D eigenvalue weighted by molar-refractivity contribution is 9.10. The van der Waals surface area contributed by atoms with Crippen LogP contribution in [0.1, 0.15) is 48.9 Å². The predicted octanol–water partition coefficient (Wildman–Crippen LogP) is 6.91. The van der Waals surface area contributed by atoms with E-state index in [0.29, 0.717) is 19.7 Å². The van der Waals surface area contributed by atoms with Gasteiger partial charge in [-0.25, -0.2) is 16.8 Å². The Hall–Kier alpha value is -5.10. The van der Waals surface area contributed by atoms with Crippen LogP contribution in [0.25, 0.3) is 21.8 Å². The molecule has 7 aromatic rings. The summed E-state index contributed by atoms with van der Waals surface area (Å²) in [6.45, 7) is 1.99. The maximum Gasteiger partial charge on any atom is 0.266 e. The van der Waals surface area contributed by atoms with Crippen molar-refractivity contribution in [1.82, 2.24) is 30.5 Å². The van der Waals surface area contributed by atoms with Crippen molar-refractivity contribution in [1.29, 1.82) is 0 Å². The molecule has 2 aromatic heterocycles. The molecule has 2 heterocycles. The fourth-order valence-electron chi connectivity index (χ4n) is 6.14. The maximum atomic E-state index is 13.3. The number of carbonyl (C=O) groups excluding carboxylic acids is 2. The Bertz CT molecular complexity index is 2630. The fraction of sp³-hybridized carbons (Fsp3) is 0.0526. The van der Waals surface area contributed by atoms with Gasteiger partial charge in [-0.3, -0.25) is 20.4 Å². The number of sulfonamides is 2. The molecule has 0 aliphatic heterocycles. The Balaban J connectivity index is 1.22. The van der Waals surface area contributed by atoms with Crippen LogP contribution in [0.15, 0.2) is 140 Å². The molecule has 2 amide bonds. The average molecular weight is 891 g/mol. The molecule has 6 N–H and O–H groups in total. The summed E-state index contributed by atoms with van der Waals surface area (Å²) in [5.41, 5.74) is 10.1. The summed E-state index contributed by atoms with van der Waals surface area (Å²) in [7, 11) is -8.15. The number of carbonyl (C=O) groups is 2. The number of H-pyrrole nitrogens is 2. The topological polar surface area (TPSA) is 182 Å². The van der Waals surface area contributed by atoms with Crippen molar-refractivity contribution in [2.24, 2.45) is 0 Å². The number of fused-ring (bicyclic) bond motifs is 2. The standard InChI is InChI=1S/C38H30Br2N6O6S2/c1-22-10-12-23(13-11-22)36(28-20-41-32-16-14-24(18-26(28)32)37(47)43-45-53(49,50)34-8-4-2-6-30(34)39)29-21-42-33-17-15-25(19-27(29)33)38(48)44-46-54(51,52)35-9-5-3-7-31(35)40/h2-21,36,41-42,45-46H,1H3,(H,43,47)(H,44,48). The molecule has 0 radical (unpaired) electrons. The van der Waals surface area contributed by atoms with Gasteiger partial charge in [0.2, 0.25) is 0 Å². The van der Waals surface area contributed by atoms with Crippen LogP contribution < -0.4 is 20.5 Å². The summed E-state index contributed by atoms with van der Waals surface area (Å²) in [6, 6.07) is 30.6. The quantitative estimate of drug-likeness (QED) is 0.0768. The van der Waals surface area contributed by atoms with Crippen LogP contribution in [0.3, 0.4) is 0 Å². The smallest absolute Gasteiger partial charge is 0.266 e. The predicted molar refractivity (Wildman–Crippen MR) is 213 cm³/mol. The Labute approximate surface area is 327 Å². The van der Waals surface area contributed by atoms with Gasteiger partial charge in [-0.15, -0.1) is 9.66 Å². The molecule has 0 spiro atoms. The van der Waals surface area contributed by atoms with Gasteiger partial charge in [-0.1, -0.05) is 54.1 Å². The first-order chi connectivity index (χ1) is 25.8. The summed E-state index contributed by atoms with van der Waals surface area (Å²) in [5.74, 6) is -1.73. The molecule has 0 aliphatic carbocycles. The van der Waals surface area contributed by atoms with Crippen LogP contribution in [-0.4, -0.2) is 38.6 Å². The van der Waals surface area contributed by atoms with Crippen LogP contribution in [-0.2, 0) is 20.0 Å². The van der Waals surface area contributed by atoms with E-state index in [-0.39, 0.29) is 20.9 Å². The van der Waals surface area contributed by atoms with E-state index in [1.54, 1.807) is 72.8 Å². The van der Waals surface area contributed by atoms with Crippen LogP contribution in [0.4, 0.5) is 0 Å². The van der Waals surface area contributed by atoms with Crippen LogP contribution in [0.2, 0.25) is 0 Å². The van der Waals surface area contributed by atoms with E-state index in [2.05, 4.69) is 62.3 Å². The number of benzene rings is 5. The van der Waals surface area contributed by atoms with Crippen LogP contribution in [0.5, 0.6) is 0 Å². The molecule has 0 saturated carbocycles. The van der Waals surface area contributed by atoms with Gasteiger partial charge in [0.15, 0.2) is 0 Å². The summed E-state index contributed by atoms with van der Waals surface area (Å²) >= 11 is 6.47. The van der Waals surface area contributed by atoms with E-state index in [4.69, 9.17) is 0 Å². The van der Waals surface area contributed by atoms with Gasteiger partial charge in [0, 0.05) is 60.2 Å². The van der Waals surface area contributed by atoms with Gasteiger partial charge in [0.1, 0.15) is 0 Å². The van der Waals surface area contributed by atoms with Crippen molar-refractivity contribution >= 4 is 85.5 Å². The van der Waals surface area contributed by atoms with Gasteiger partial charge in [0.25, 0.3) is 31.9 Å². The van der Waals surface area contributed by atoms with E-state index in [1.165, 1.54) is 12.1 Å². The molecule has 0 atom stereocenters. The van der Waals surface area contributed by atoms with Crippen molar-refractivity contribution in [3.63, 3.8) is 0 Å². The second kappa shape index (κ2) is 15.0. The Morgan fingerprint density at radius 1 is 0.593 bits per heavy atom. The highest BCUT2D eigenvalue weighted by Crippen LogP contribution is 2.40. The summed E-state index contributed by atoms with van der Waals surface area (Å²) in [5, 5.41) is 1.43. The van der Waals surface area contributed by atoms with Gasteiger partial charge in [-0.05, 0) is 116 Å². The first-order valence-corrected chi connectivity index (χ1v) is 20.8. The van der Waals surface area contributed by atoms with E-state index in [1.807, 2.05) is 43.6 Å². The SMILES string of the molecule is Cc1ccc(C(c2c[nH]c3ccc(C(=O)NNS(=O)(=O)c4ccccc4Br)cc23)c2c[nH]c3ccc(C(=O)NNS(=O)(=O)c4ccccc4Br)cc23)cc1. The monoisotopic (exact) mass is 888 g/mol. The molecule has 0 aliphatic rings. The normalized spacial score (nSPS) is 12.0. The molecule has 54 heavy (non-hydrogen) atoms. The molecule has 0 unspecified atom stereocenters. The zero-order chi connectivity index (χ0) is 38.2. The van der Waals surface area contributed by atoms with E-state index in [0.717, 1.165) is 33.3 Å². The Morgan fingerprint density at radius 2 is 1.02 bits per heavy atom. The highest BCUT2D eigenvalue weighted by Gasteiger charge is 2.26. The average Bonchev–Trinajstić information content (AvgIpc) is 3.78. The molecule has 7 rings (SSSR count). The molecular weight excluding hydrogens is 860 g/mol. The second-order valence-electron chi connectivity index (χ2n) is 12.3. The van der Waals surface area contributed by atoms with Crippen molar-refractivity contribution in [3.05, 3.63) is 164 Å². The lowest BCUT2D eigenvalue weighted by atomic mass is 9.84. The van der Waals surface area contributed by atoms with Gasteiger partial charge in [-0.2, -0.15) is 0 Å². The molecule has 12 nitrogen and oxygen atoms in total. The molecule has 0 bridgehead atoms. The second-order valence-corrected chi connectivity index (χ2v) is 17.3. The van der Waals surface area contributed by atoms with E-state index < -0.39 is 37.8 Å². The number of amides is 2.